The monoisotopic (exact) mass is 360 g/mol. The number of urea groups is 1. The molecule has 3 heterocycles. The largest absolute Gasteiger partial charge is 0.360 e. The number of nitrogens with zero attached hydrogens (tertiary/aromatic N) is 5. The van der Waals surface area contributed by atoms with Crippen LogP contribution < -0.4 is 5.32 Å². The number of carbonyl (C=O) groups excluding carboxylic acids is 1. The second-order valence-corrected chi connectivity index (χ2v) is 6.95. The molecule has 26 heavy (non-hydrogen) atoms. The molecule has 1 fully saturated rings. The number of piperazine rings is 1. The van der Waals surface area contributed by atoms with Crippen LogP contribution in [0.25, 0.3) is 0 Å². The molecule has 0 saturated carbocycles. The molecule has 1 aliphatic heterocycles. The zero-order valence-electron chi connectivity index (χ0n) is 16.1. The zero-order valence-corrected chi connectivity index (χ0v) is 16.1. The molecular formula is C18H28N6O2. The summed E-state index contributed by atoms with van der Waals surface area (Å²) >= 11 is 0. The van der Waals surface area contributed by atoms with Gasteiger partial charge in [0.2, 0.25) is 0 Å². The van der Waals surface area contributed by atoms with Crippen LogP contribution in [0.1, 0.15) is 28.4 Å². The van der Waals surface area contributed by atoms with Crippen LogP contribution in [0, 0.1) is 20.8 Å². The Morgan fingerprint density at radius 1 is 1.23 bits per heavy atom. The van der Waals surface area contributed by atoms with Crippen molar-refractivity contribution < 1.29 is 9.32 Å². The first-order valence-corrected chi connectivity index (χ1v) is 9.10. The second kappa shape index (κ2) is 7.90. The SMILES string of the molecule is Cc1cc(CN2CCN(C(=O)NCCc3c(C)nn(C)c3C)CC2)on1. The van der Waals surface area contributed by atoms with Gasteiger partial charge >= 0.3 is 6.03 Å². The molecule has 8 nitrogen and oxygen atoms in total. The number of aryl methyl sites for hydroxylation is 3. The molecule has 1 aliphatic rings. The molecular weight excluding hydrogens is 332 g/mol. The fourth-order valence-electron chi connectivity index (χ4n) is 3.41. The van der Waals surface area contributed by atoms with Gasteiger partial charge in [-0.15, -0.1) is 0 Å². The van der Waals surface area contributed by atoms with Gasteiger partial charge in [0, 0.05) is 51.5 Å². The lowest BCUT2D eigenvalue weighted by Gasteiger charge is -2.34. The Kier molecular flexibility index (Phi) is 5.61. The zero-order chi connectivity index (χ0) is 18.7. The van der Waals surface area contributed by atoms with Gasteiger partial charge in [0.15, 0.2) is 5.76 Å². The van der Waals surface area contributed by atoms with Crippen LogP contribution in [0.3, 0.4) is 0 Å². The molecule has 0 unspecified atom stereocenters. The van der Waals surface area contributed by atoms with Gasteiger partial charge in [-0.05, 0) is 32.8 Å². The highest BCUT2D eigenvalue weighted by Crippen LogP contribution is 2.12. The van der Waals surface area contributed by atoms with E-state index >= 15 is 0 Å². The standard InChI is InChI=1S/C18H28N6O2/c1-13-11-16(26-21-13)12-23-7-9-24(10-8-23)18(25)19-6-5-17-14(2)20-22(4)15(17)3/h11H,5-10,12H2,1-4H3,(H,19,25). The van der Waals surface area contributed by atoms with Crippen molar-refractivity contribution in [1.82, 2.24) is 30.1 Å². The number of amides is 2. The van der Waals surface area contributed by atoms with Crippen molar-refractivity contribution in [2.45, 2.75) is 33.7 Å². The molecule has 0 aliphatic carbocycles. The van der Waals surface area contributed by atoms with E-state index in [1.165, 1.54) is 5.56 Å². The van der Waals surface area contributed by atoms with Gasteiger partial charge in [0.05, 0.1) is 17.9 Å². The fourth-order valence-corrected chi connectivity index (χ4v) is 3.41. The quantitative estimate of drug-likeness (QED) is 0.872. The Bertz CT molecular complexity index is 758. The van der Waals surface area contributed by atoms with Crippen LogP contribution in [-0.2, 0) is 20.0 Å². The Morgan fingerprint density at radius 2 is 1.96 bits per heavy atom. The topological polar surface area (TPSA) is 79.4 Å². The number of nitrogens with one attached hydrogen (secondary N) is 1. The van der Waals surface area contributed by atoms with E-state index in [-0.39, 0.29) is 6.03 Å². The van der Waals surface area contributed by atoms with E-state index in [4.69, 9.17) is 4.52 Å². The summed E-state index contributed by atoms with van der Waals surface area (Å²) in [6, 6.07) is 1.97. The van der Waals surface area contributed by atoms with Gasteiger partial charge in [-0.2, -0.15) is 5.10 Å². The fraction of sp³-hybridized carbons (Fsp3) is 0.611. The lowest BCUT2D eigenvalue weighted by atomic mass is 10.1. The number of hydrogen-bond donors (Lipinski definition) is 1. The Morgan fingerprint density at radius 3 is 2.54 bits per heavy atom. The van der Waals surface area contributed by atoms with Gasteiger partial charge in [-0.25, -0.2) is 4.79 Å². The normalized spacial score (nSPS) is 15.5. The Labute approximate surface area is 154 Å². The average Bonchev–Trinajstić information content (AvgIpc) is 3.12. The van der Waals surface area contributed by atoms with Crippen molar-refractivity contribution in [3.63, 3.8) is 0 Å². The maximum Gasteiger partial charge on any atom is 0.317 e. The van der Waals surface area contributed by atoms with Crippen LogP contribution in [0.15, 0.2) is 10.6 Å². The second-order valence-electron chi connectivity index (χ2n) is 6.95. The highest BCUT2D eigenvalue weighted by Gasteiger charge is 2.22. The minimum Gasteiger partial charge on any atom is -0.360 e. The van der Waals surface area contributed by atoms with Crippen molar-refractivity contribution in [2.24, 2.45) is 7.05 Å². The van der Waals surface area contributed by atoms with Gasteiger partial charge in [0.25, 0.3) is 0 Å². The summed E-state index contributed by atoms with van der Waals surface area (Å²) in [5, 5.41) is 11.4. The van der Waals surface area contributed by atoms with Crippen LogP contribution in [0.5, 0.6) is 0 Å². The lowest BCUT2D eigenvalue weighted by Crippen LogP contribution is -2.51. The lowest BCUT2D eigenvalue weighted by molar-refractivity contribution is 0.128. The number of carbonyl (C=O) groups is 1. The summed E-state index contributed by atoms with van der Waals surface area (Å²) in [4.78, 5) is 16.5. The molecule has 1 saturated heterocycles. The van der Waals surface area contributed by atoms with Gasteiger partial charge in [-0.1, -0.05) is 5.16 Å². The van der Waals surface area contributed by atoms with Crippen molar-refractivity contribution >= 4 is 6.03 Å². The minimum absolute atomic E-state index is 0.0133. The predicted molar refractivity (Wildman–Crippen MR) is 97.9 cm³/mol. The summed E-state index contributed by atoms with van der Waals surface area (Å²) < 4.78 is 7.16. The first-order chi connectivity index (χ1) is 12.4. The Balaban J connectivity index is 1.41. The smallest absolute Gasteiger partial charge is 0.317 e. The van der Waals surface area contributed by atoms with Crippen molar-refractivity contribution in [3.05, 3.63) is 34.5 Å². The van der Waals surface area contributed by atoms with E-state index in [0.717, 1.165) is 62.0 Å². The van der Waals surface area contributed by atoms with Crippen molar-refractivity contribution in [3.8, 4) is 0 Å². The summed E-state index contributed by atoms with van der Waals surface area (Å²) in [6.07, 6.45) is 0.808. The van der Waals surface area contributed by atoms with E-state index in [9.17, 15) is 4.79 Å². The molecule has 0 atom stereocenters. The van der Waals surface area contributed by atoms with Crippen molar-refractivity contribution in [2.75, 3.05) is 32.7 Å². The van der Waals surface area contributed by atoms with Gasteiger partial charge < -0.3 is 14.7 Å². The molecule has 2 aromatic rings. The highest BCUT2D eigenvalue weighted by molar-refractivity contribution is 5.74. The van der Waals surface area contributed by atoms with Gasteiger partial charge in [-0.3, -0.25) is 9.58 Å². The summed E-state index contributed by atoms with van der Waals surface area (Å²) in [7, 11) is 1.95. The van der Waals surface area contributed by atoms with Crippen LogP contribution >= 0.6 is 0 Å². The van der Waals surface area contributed by atoms with Gasteiger partial charge in [0.1, 0.15) is 0 Å². The highest BCUT2D eigenvalue weighted by atomic mass is 16.5. The molecule has 0 bridgehead atoms. The third kappa shape index (κ3) is 4.24. The summed E-state index contributed by atoms with van der Waals surface area (Å²) in [5.74, 6) is 0.877. The molecule has 2 amide bonds. The maximum atomic E-state index is 12.4. The third-order valence-electron chi connectivity index (χ3n) is 5.03. The number of rotatable bonds is 5. The molecule has 0 radical (unpaired) electrons. The van der Waals surface area contributed by atoms with Crippen LogP contribution in [0.2, 0.25) is 0 Å². The Hall–Kier alpha value is -2.35. The van der Waals surface area contributed by atoms with E-state index in [1.54, 1.807) is 0 Å². The predicted octanol–water partition coefficient (Wildman–Crippen LogP) is 1.40. The molecule has 0 aromatic carbocycles. The molecule has 0 spiro atoms. The van der Waals surface area contributed by atoms with E-state index < -0.39 is 0 Å². The summed E-state index contributed by atoms with van der Waals surface area (Å²) in [5.41, 5.74) is 4.32. The maximum absolute atomic E-state index is 12.4. The molecule has 3 rings (SSSR count). The van der Waals surface area contributed by atoms with Crippen molar-refractivity contribution in [1.29, 1.82) is 0 Å². The third-order valence-corrected chi connectivity index (χ3v) is 5.03. The first kappa shape index (κ1) is 18.4. The number of aromatic nitrogens is 3. The van der Waals surface area contributed by atoms with E-state index in [0.29, 0.717) is 6.54 Å². The molecule has 2 aromatic heterocycles. The summed E-state index contributed by atoms with van der Waals surface area (Å²) in [6.45, 7) is 10.5. The van der Waals surface area contributed by atoms with Crippen LogP contribution in [-0.4, -0.2) is 63.5 Å². The molecule has 142 valence electrons. The van der Waals surface area contributed by atoms with E-state index in [1.807, 2.05) is 36.5 Å². The average molecular weight is 360 g/mol. The molecule has 8 heteroatoms. The molecule has 1 N–H and O–H groups in total. The van der Waals surface area contributed by atoms with E-state index in [2.05, 4.69) is 27.4 Å². The minimum atomic E-state index is 0.0133. The first-order valence-electron chi connectivity index (χ1n) is 9.10. The van der Waals surface area contributed by atoms with Crippen LogP contribution in [0.4, 0.5) is 4.79 Å². The number of hydrogen-bond acceptors (Lipinski definition) is 5.